The van der Waals surface area contributed by atoms with Gasteiger partial charge >= 0.3 is 5.97 Å². The number of benzene rings is 3. The zero-order chi connectivity index (χ0) is 21.6. The molecule has 3 heteroatoms. The first-order valence-electron chi connectivity index (χ1n) is 11.7. The summed E-state index contributed by atoms with van der Waals surface area (Å²) in [7, 11) is 0. The molecule has 0 heterocycles. The smallest absolute Gasteiger partial charge is 0.306 e. The van der Waals surface area contributed by atoms with Crippen molar-refractivity contribution in [3.63, 3.8) is 0 Å². The van der Waals surface area contributed by atoms with Crippen LogP contribution in [-0.2, 0) is 16.0 Å². The number of carbonyl (C=O) groups excluding carboxylic acids is 1. The van der Waals surface area contributed by atoms with E-state index >= 15 is 0 Å². The molecular formula is C28H33NO2. The topological polar surface area (TPSA) is 29.5 Å². The van der Waals surface area contributed by atoms with Crippen LogP contribution in [0.1, 0.15) is 56.6 Å². The predicted molar refractivity (Wildman–Crippen MR) is 129 cm³/mol. The summed E-state index contributed by atoms with van der Waals surface area (Å²) in [5.41, 5.74) is 4.00. The summed E-state index contributed by atoms with van der Waals surface area (Å²) in [4.78, 5) is 14.3. The Bertz CT molecular complexity index is 1020. The Balaban J connectivity index is 1.47. The van der Waals surface area contributed by atoms with Gasteiger partial charge in [-0.05, 0) is 68.0 Å². The molecule has 162 valence electrons. The number of hydrogen-bond donors (Lipinski definition) is 0. The third-order valence-corrected chi connectivity index (χ3v) is 6.61. The minimum absolute atomic E-state index is 0.109. The molecule has 3 nitrogen and oxygen atoms in total. The van der Waals surface area contributed by atoms with Gasteiger partial charge in [-0.1, -0.05) is 60.7 Å². The Hall–Kier alpha value is -2.81. The van der Waals surface area contributed by atoms with Gasteiger partial charge in [0, 0.05) is 30.1 Å². The lowest BCUT2D eigenvalue weighted by atomic mass is 9.94. The van der Waals surface area contributed by atoms with Crippen LogP contribution in [0, 0.1) is 0 Å². The molecule has 0 radical (unpaired) electrons. The van der Waals surface area contributed by atoms with E-state index in [1.165, 1.54) is 46.8 Å². The maximum atomic E-state index is 11.7. The number of hydrogen-bond acceptors (Lipinski definition) is 3. The van der Waals surface area contributed by atoms with E-state index in [-0.39, 0.29) is 5.97 Å². The quantitative estimate of drug-likeness (QED) is 0.393. The summed E-state index contributed by atoms with van der Waals surface area (Å²) >= 11 is 0. The Kier molecular flexibility index (Phi) is 6.91. The maximum Gasteiger partial charge on any atom is 0.306 e. The molecule has 3 aromatic rings. The molecule has 1 aliphatic carbocycles. The summed E-state index contributed by atoms with van der Waals surface area (Å²) in [6.45, 7) is 5.59. The highest BCUT2D eigenvalue weighted by molar-refractivity contribution is 5.94. The van der Waals surface area contributed by atoms with Crippen molar-refractivity contribution in [3.05, 3.63) is 77.9 Å². The van der Waals surface area contributed by atoms with Crippen LogP contribution in [0.5, 0.6) is 0 Å². The third-order valence-electron chi connectivity index (χ3n) is 6.61. The average Bonchev–Trinajstić information content (AvgIpc) is 3.29. The Morgan fingerprint density at radius 2 is 1.81 bits per heavy atom. The Morgan fingerprint density at radius 3 is 2.65 bits per heavy atom. The van der Waals surface area contributed by atoms with Gasteiger partial charge in [0.1, 0.15) is 0 Å². The van der Waals surface area contributed by atoms with Gasteiger partial charge in [0.15, 0.2) is 0 Å². The molecule has 0 aromatic heterocycles. The molecule has 31 heavy (non-hydrogen) atoms. The second-order valence-corrected chi connectivity index (χ2v) is 8.50. The van der Waals surface area contributed by atoms with E-state index in [0.717, 1.165) is 13.0 Å². The van der Waals surface area contributed by atoms with Gasteiger partial charge in [-0.15, -0.1) is 0 Å². The van der Waals surface area contributed by atoms with E-state index < -0.39 is 0 Å². The monoisotopic (exact) mass is 415 g/mol. The number of aryl methyl sites for hydroxylation is 1. The molecule has 0 saturated heterocycles. The first kappa shape index (κ1) is 21.4. The van der Waals surface area contributed by atoms with E-state index in [4.69, 9.17) is 4.74 Å². The van der Waals surface area contributed by atoms with Crippen molar-refractivity contribution < 1.29 is 9.53 Å². The van der Waals surface area contributed by atoms with Crippen molar-refractivity contribution >= 4 is 22.4 Å². The zero-order valence-electron chi connectivity index (χ0n) is 18.7. The van der Waals surface area contributed by atoms with Gasteiger partial charge < -0.3 is 9.64 Å². The Labute approximate surface area is 186 Å². The first-order chi connectivity index (χ1) is 15.2. The number of anilines is 1. The van der Waals surface area contributed by atoms with Crippen molar-refractivity contribution in [2.75, 3.05) is 18.1 Å². The van der Waals surface area contributed by atoms with Crippen molar-refractivity contribution in [2.24, 2.45) is 0 Å². The van der Waals surface area contributed by atoms with Gasteiger partial charge in [0.25, 0.3) is 0 Å². The second kappa shape index (κ2) is 10.00. The number of carbonyl (C=O) groups is 1. The molecule has 0 bridgehead atoms. The van der Waals surface area contributed by atoms with Gasteiger partial charge in [0.05, 0.1) is 6.61 Å². The minimum Gasteiger partial charge on any atom is -0.466 e. The highest BCUT2D eigenvalue weighted by atomic mass is 16.5. The largest absolute Gasteiger partial charge is 0.466 e. The highest BCUT2D eigenvalue weighted by Crippen LogP contribution is 2.40. The SMILES string of the molecule is CCOC(=O)CCc1cccc(C2CCC(N(CC)c3cccc4ccccc34)C2)c1. The van der Waals surface area contributed by atoms with E-state index in [9.17, 15) is 4.79 Å². The predicted octanol–water partition coefficient (Wildman–Crippen LogP) is 6.50. The van der Waals surface area contributed by atoms with Crippen molar-refractivity contribution in [3.8, 4) is 0 Å². The normalized spacial score (nSPS) is 18.3. The number of nitrogens with zero attached hydrogens (tertiary/aromatic N) is 1. The Morgan fingerprint density at radius 1 is 1.00 bits per heavy atom. The van der Waals surface area contributed by atoms with Crippen LogP contribution >= 0.6 is 0 Å². The highest BCUT2D eigenvalue weighted by Gasteiger charge is 2.30. The van der Waals surface area contributed by atoms with Gasteiger partial charge in [0.2, 0.25) is 0 Å². The summed E-state index contributed by atoms with van der Waals surface area (Å²) in [5.74, 6) is 0.471. The number of fused-ring (bicyclic) bond motifs is 1. The van der Waals surface area contributed by atoms with Crippen LogP contribution in [0.15, 0.2) is 66.7 Å². The first-order valence-corrected chi connectivity index (χ1v) is 11.7. The van der Waals surface area contributed by atoms with E-state index in [1.807, 2.05) is 6.92 Å². The average molecular weight is 416 g/mol. The molecule has 0 spiro atoms. The maximum absolute atomic E-state index is 11.7. The molecule has 0 N–H and O–H groups in total. The summed E-state index contributed by atoms with van der Waals surface area (Å²) in [6.07, 6.45) is 4.82. The molecule has 1 aliphatic rings. The molecule has 0 aliphatic heterocycles. The fourth-order valence-electron chi connectivity index (χ4n) is 5.11. The number of rotatable bonds is 8. The molecule has 4 rings (SSSR count). The number of ether oxygens (including phenoxy) is 1. The standard InChI is InChI=1S/C28H33NO2/c1-3-29(27-14-8-11-22-10-5-6-13-26(22)27)25-17-16-24(20-25)23-12-7-9-21(19-23)15-18-28(30)31-4-2/h5-14,19,24-25H,3-4,15-18,20H2,1-2H3. The van der Waals surface area contributed by atoms with Gasteiger partial charge in [-0.3, -0.25) is 4.79 Å². The van der Waals surface area contributed by atoms with Crippen molar-refractivity contribution in [2.45, 2.75) is 57.9 Å². The lowest BCUT2D eigenvalue weighted by molar-refractivity contribution is -0.143. The lowest BCUT2D eigenvalue weighted by Gasteiger charge is -2.31. The van der Waals surface area contributed by atoms with E-state index in [0.29, 0.717) is 25.0 Å². The van der Waals surface area contributed by atoms with Crippen LogP contribution < -0.4 is 4.90 Å². The van der Waals surface area contributed by atoms with E-state index in [2.05, 4.69) is 78.6 Å². The minimum atomic E-state index is -0.109. The molecule has 1 saturated carbocycles. The summed E-state index contributed by atoms with van der Waals surface area (Å²) in [6, 6.07) is 24.7. The van der Waals surface area contributed by atoms with Crippen LogP contribution in [0.25, 0.3) is 10.8 Å². The van der Waals surface area contributed by atoms with Gasteiger partial charge in [-0.2, -0.15) is 0 Å². The summed E-state index contributed by atoms with van der Waals surface area (Å²) < 4.78 is 5.07. The molecule has 1 fully saturated rings. The molecule has 3 aromatic carbocycles. The van der Waals surface area contributed by atoms with Crippen molar-refractivity contribution in [1.82, 2.24) is 0 Å². The van der Waals surface area contributed by atoms with Gasteiger partial charge in [-0.25, -0.2) is 0 Å². The summed E-state index contributed by atoms with van der Waals surface area (Å²) in [5, 5.41) is 2.65. The van der Waals surface area contributed by atoms with Crippen LogP contribution in [0.2, 0.25) is 0 Å². The molecular weight excluding hydrogens is 382 g/mol. The molecule has 2 atom stereocenters. The van der Waals surface area contributed by atoms with Crippen LogP contribution in [0.3, 0.4) is 0 Å². The third kappa shape index (κ3) is 4.92. The van der Waals surface area contributed by atoms with Crippen LogP contribution in [-0.4, -0.2) is 25.2 Å². The second-order valence-electron chi connectivity index (χ2n) is 8.50. The van der Waals surface area contributed by atoms with Crippen molar-refractivity contribution in [1.29, 1.82) is 0 Å². The lowest BCUT2D eigenvalue weighted by Crippen LogP contribution is -2.33. The molecule has 2 unspecified atom stereocenters. The fourth-order valence-corrected chi connectivity index (χ4v) is 5.11. The number of esters is 1. The fraction of sp³-hybridized carbons (Fsp3) is 0.393. The van der Waals surface area contributed by atoms with E-state index in [1.54, 1.807) is 0 Å². The zero-order valence-corrected chi connectivity index (χ0v) is 18.7. The van der Waals surface area contributed by atoms with Crippen LogP contribution in [0.4, 0.5) is 5.69 Å². The molecule has 0 amide bonds.